The summed E-state index contributed by atoms with van der Waals surface area (Å²) in [5.74, 6) is 2.74. The molecular formula is C16H11F3O. The van der Waals surface area contributed by atoms with Crippen LogP contribution in [-0.4, -0.2) is 7.11 Å². The molecule has 2 rings (SSSR count). The number of terminal acetylenes is 1. The van der Waals surface area contributed by atoms with Gasteiger partial charge >= 0.3 is 6.18 Å². The van der Waals surface area contributed by atoms with Crippen molar-refractivity contribution in [3.8, 4) is 29.2 Å². The summed E-state index contributed by atoms with van der Waals surface area (Å²) in [5, 5.41) is 0. The minimum Gasteiger partial charge on any atom is -0.496 e. The van der Waals surface area contributed by atoms with Crippen LogP contribution in [0.4, 0.5) is 13.2 Å². The van der Waals surface area contributed by atoms with E-state index in [-0.39, 0.29) is 5.56 Å². The van der Waals surface area contributed by atoms with Crippen LogP contribution in [-0.2, 0) is 6.18 Å². The first-order valence-corrected chi connectivity index (χ1v) is 5.78. The third-order valence-corrected chi connectivity index (χ3v) is 2.84. The number of hydrogen-bond acceptors (Lipinski definition) is 1. The van der Waals surface area contributed by atoms with Gasteiger partial charge in [0.25, 0.3) is 0 Å². The van der Waals surface area contributed by atoms with E-state index in [1.807, 2.05) is 0 Å². The molecule has 2 aromatic rings. The highest BCUT2D eigenvalue weighted by Gasteiger charge is 2.31. The summed E-state index contributed by atoms with van der Waals surface area (Å²) in [7, 11) is 1.47. The maximum absolute atomic E-state index is 12.9. The van der Waals surface area contributed by atoms with Crippen molar-refractivity contribution in [1.29, 1.82) is 0 Å². The Morgan fingerprint density at radius 2 is 1.80 bits per heavy atom. The molecule has 0 atom stereocenters. The Labute approximate surface area is 115 Å². The molecule has 0 N–H and O–H groups in total. The van der Waals surface area contributed by atoms with Crippen molar-refractivity contribution in [3.63, 3.8) is 0 Å². The van der Waals surface area contributed by atoms with E-state index >= 15 is 0 Å². The lowest BCUT2D eigenvalue weighted by molar-refractivity contribution is -0.137. The molecule has 0 aliphatic carbocycles. The Kier molecular flexibility index (Phi) is 3.71. The third kappa shape index (κ3) is 2.77. The highest BCUT2D eigenvalue weighted by molar-refractivity contribution is 5.72. The molecule has 4 heteroatoms. The minimum atomic E-state index is -4.44. The first kappa shape index (κ1) is 14.0. The van der Waals surface area contributed by atoms with Crippen molar-refractivity contribution in [3.05, 3.63) is 53.6 Å². The Balaban J connectivity index is 2.66. The Morgan fingerprint density at radius 3 is 2.40 bits per heavy atom. The molecule has 0 unspecified atom stereocenters. The van der Waals surface area contributed by atoms with Crippen LogP contribution in [0.25, 0.3) is 11.1 Å². The number of alkyl halides is 3. The Morgan fingerprint density at radius 1 is 1.10 bits per heavy atom. The Hall–Kier alpha value is -2.41. The summed E-state index contributed by atoms with van der Waals surface area (Å²) in [6.07, 6.45) is 0.790. The zero-order valence-electron chi connectivity index (χ0n) is 10.7. The molecule has 0 aliphatic rings. The van der Waals surface area contributed by atoms with Crippen LogP contribution < -0.4 is 4.74 Å². The van der Waals surface area contributed by atoms with Crippen LogP contribution in [0.2, 0.25) is 0 Å². The van der Waals surface area contributed by atoms with Crippen molar-refractivity contribution in [1.82, 2.24) is 0 Å². The number of halogens is 3. The SMILES string of the molecule is C#Cc1cc(-c2ccccc2OC)cc(C(F)(F)F)c1. The molecule has 0 amide bonds. The molecule has 0 saturated carbocycles. The quantitative estimate of drug-likeness (QED) is 0.740. The van der Waals surface area contributed by atoms with Gasteiger partial charge < -0.3 is 4.74 Å². The highest BCUT2D eigenvalue weighted by atomic mass is 19.4. The maximum Gasteiger partial charge on any atom is 0.416 e. The van der Waals surface area contributed by atoms with E-state index < -0.39 is 11.7 Å². The van der Waals surface area contributed by atoms with E-state index in [1.54, 1.807) is 24.3 Å². The monoisotopic (exact) mass is 276 g/mol. The van der Waals surface area contributed by atoms with Crippen molar-refractivity contribution in [2.24, 2.45) is 0 Å². The Bertz CT molecular complexity index is 666. The second-order valence-electron chi connectivity index (χ2n) is 4.14. The van der Waals surface area contributed by atoms with Crippen LogP contribution in [0.15, 0.2) is 42.5 Å². The third-order valence-electron chi connectivity index (χ3n) is 2.84. The molecule has 0 radical (unpaired) electrons. The van der Waals surface area contributed by atoms with Crippen LogP contribution in [0, 0.1) is 12.3 Å². The van der Waals surface area contributed by atoms with E-state index in [0.717, 1.165) is 12.1 Å². The largest absolute Gasteiger partial charge is 0.496 e. The fourth-order valence-corrected chi connectivity index (χ4v) is 1.91. The topological polar surface area (TPSA) is 9.23 Å². The van der Waals surface area contributed by atoms with Gasteiger partial charge in [-0.15, -0.1) is 6.42 Å². The van der Waals surface area contributed by atoms with E-state index in [0.29, 0.717) is 16.9 Å². The first-order chi connectivity index (χ1) is 9.45. The number of methoxy groups -OCH3 is 1. The van der Waals surface area contributed by atoms with E-state index in [9.17, 15) is 13.2 Å². The average Bonchev–Trinajstić information content (AvgIpc) is 2.45. The number of benzene rings is 2. The maximum atomic E-state index is 12.9. The molecule has 0 spiro atoms. The summed E-state index contributed by atoms with van der Waals surface area (Å²) < 4.78 is 43.8. The lowest BCUT2D eigenvalue weighted by Crippen LogP contribution is -2.05. The molecule has 0 bridgehead atoms. The predicted molar refractivity (Wildman–Crippen MR) is 71.4 cm³/mol. The molecule has 0 heterocycles. The number of rotatable bonds is 2. The van der Waals surface area contributed by atoms with Gasteiger partial charge in [0.15, 0.2) is 0 Å². The summed E-state index contributed by atoms with van der Waals surface area (Å²) in [4.78, 5) is 0. The number of hydrogen-bond donors (Lipinski definition) is 0. The van der Waals surface area contributed by atoms with Crippen molar-refractivity contribution < 1.29 is 17.9 Å². The van der Waals surface area contributed by atoms with Crippen LogP contribution in [0.3, 0.4) is 0 Å². The molecule has 0 aliphatic heterocycles. The van der Waals surface area contributed by atoms with Crippen LogP contribution in [0.1, 0.15) is 11.1 Å². The lowest BCUT2D eigenvalue weighted by atomic mass is 9.99. The second kappa shape index (κ2) is 5.30. The van der Waals surface area contributed by atoms with E-state index in [4.69, 9.17) is 11.2 Å². The lowest BCUT2D eigenvalue weighted by Gasteiger charge is -2.12. The van der Waals surface area contributed by atoms with Gasteiger partial charge in [-0.1, -0.05) is 24.1 Å². The van der Waals surface area contributed by atoms with Gasteiger partial charge in [0.1, 0.15) is 5.75 Å². The van der Waals surface area contributed by atoms with Gasteiger partial charge in [0.2, 0.25) is 0 Å². The highest BCUT2D eigenvalue weighted by Crippen LogP contribution is 2.36. The summed E-state index contributed by atoms with van der Waals surface area (Å²) in [6, 6.07) is 10.4. The predicted octanol–water partition coefficient (Wildman–Crippen LogP) is 4.36. The van der Waals surface area contributed by atoms with Gasteiger partial charge in [-0.3, -0.25) is 0 Å². The van der Waals surface area contributed by atoms with Crippen LogP contribution in [0.5, 0.6) is 5.75 Å². The summed E-state index contributed by atoms with van der Waals surface area (Å²) >= 11 is 0. The van der Waals surface area contributed by atoms with Crippen molar-refractivity contribution in [2.75, 3.05) is 7.11 Å². The normalized spacial score (nSPS) is 10.9. The van der Waals surface area contributed by atoms with Crippen LogP contribution >= 0.6 is 0 Å². The van der Waals surface area contributed by atoms with Gasteiger partial charge in [-0.2, -0.15) is 13.2 Å². The summed E-state index contributed by atoms with van der Waals surface area (Å²) in [5.41, 5.74) is 0.359. The zero-order valence-corrected chi connectivity index (χ0v) is 10.7. The molecular weight excluding hydrogens is 265 g/mol. The zero-order chi connectivity index (χ0) is 14.8. The first-order valence-electron chi connectivity index (χ1n) is 5.78. The molecule has 0 saturated heterocycles. The molecule has 0 fully saturated rings. The molecule has 20 heavy (non-hydrogen) atoms. The minimum absolute atomic E-state index is 0.181. The average molecular weight is 276 g/mol. The smallest absolute Gasteiger partial charge is 0.416 e. The van der Waals surface area contributed by atoms with Gasteiger partial charge in [0, 0.05) is 11.1 Å². The standard InChI is InChI=1S/C16H11F3O/c1-3-11-8-12(10-13(9-11)16(17,18)19)14-6-4-5-7-15(14)20-2/h1,4-10H,2H3. The molecule has 2 aromatic carbocycles. The van der Waals surface area contributed by atoms with Gasteiger partial charge in [0.05, 0.1) is 12.7 Å². The van der Waals surface area contributed by atoms with E-state index in [1.165, 1.54) is 13.2 Å². The fourth-order valence-electron chi connectivity index (χ4n) is 1.91. The van der Waals surface area contributed by atoms with Gasteiger partial charge in [-0.05, 0) is 29.8 Å². The molecule has 1 nitrogen and oxygen atoms in total. The van der Waals surface area contributed by atoms with Crippen molar-refractivity contribution in [2.45, 2.75) is 6.18 Å². The second-order valence-corrected chi connectivity index (χ2v) is 4.14. The van der Waals surface area contributed by atoms with E-state index in [2.05, 4.69) is 5.92 Å². The molecule has 102 valence electrons. The van der Waals surface area contributed by atoms with Gasteiger partial charge in [-0.25, -0.2) is 0 Å². The summed E-state index contributed by atoms with van der Waals surface area (Å²) in [6.45, 7) is 0. The van der Waals surface area contributed by atoms with Crippen molar-refractivity contribution >= 4 is 0 Å². The number of ether oxygens (including phenoxy) is 1. The molecule has 0 aromatic heterocycles. The number of para-hydroxylation sites is 1. The fraction of sp³-hybridized carbons (Fsp3) is 0.125.